The van der Waals surface area contributed by atoms with Crippen molar-refractivity contribution in [3.63, 3.8) is 0 Å². The van der Waals surface area contributed by atoms with Crippen molar-refractivity contribution in [1.82, 2.24) is 0 Å². The van der Waals surface area contributed by atoms with Gasteiger partial charge in [-0.15, -0.1) is 0 Å². The van der Waals surface area contributed by atoms with Gasteiger partial charge in [-0.1, -0.05) is 104 Å². The minimum Gasteiger partial charge on any atom is -0.203 e. The quantitative estimate of drug-likeness (QED) is 0.414. The van der Waals surface area contributed by atoms with E-state index in [0.717, 1.165) is 0 Å². The summed E-state index contributed by atoms with van der Waals surface area (Å²) in [6, 6.07) is 0. The summed E-state index contributed by atoms with van der Waals surface area (Å²) in [5.41, 5.74) is 0. The van der Waals surface area contributed by atoms with E-state index >= 15 is 0 Å². The van der Waals surface area contributed by atoms with Gasteiger partial charge in [0, 0.05) is 0 Å². The molecule has 0 nitrogen and oxygen atoms in total. The fourth-order valence-corrected chi connectivity index (χ4v) is 0. The lowest BCUT2D eigenvalue weighted by molar-refractivity contribution is 0.233. The van der Waals surface area contributed by atoms with Crippen LogP contribution in [0, 0.1) is 0 Å². The van der Waals surface area contributed by atoms with E-state index in [1.807, 2.05) is 0 Å². The fraction of sp³-hybridized carbons (Fsp3) is 1.00. The number of rotatable bonds is 1. The first kappa shape index (κ1) is 20.7. The molecule has 0 aliphatic heterocycles. The first-order chi connectivity index (χ1) is 6.50. The highest BCUT2D eigenvalue weighted by Crippen LogP contribution is 2.46. The van der Waals surface area contributed by atoms with E-state index in [2.05, 4.69) is 46.4 Å². The lowest BCUT2D eigenvalue weighted by Gasteiger charge is -2.17. The summed E-state index contributed by atoms with van der Waals surface area (Å²) in [5, 5.41) is 0. The van der Waals surface area contributed by atoms with Crippen LogP contribution in [0.1, 0.15) is 0 Å². The van der Waals surface area contributed by atoms with E-state index in [1.165, 1.54) is 0 Å². The second-order valence-electron chi connectivity index (χ2n) is 1.99. The molecule has 16 heavy (non-hydrogen) atoms. The Bertz CT molecular complexity index is 157. The maximum Gasteiger partial charge on any atom is 0.320 e. The van der Waals surface area contributed by atoms with Crippen LogP contribution in [-0.2, 0) is 0 Å². The predicted octanol–water partition coefficient (Wildman–Crippen LogP) is 6.65. The van der Waals surface area contributed by atoms with Crippen LogP contribution in [-0.4, -0.2) is 17.6 Å². The highest BCUT2D eigenvalue weighted by Gasteiger charge is 2.48. The molecule has 100 valence electrons. The van der Waals surface area contributed by atoms with E-state index in [-0.39, 0.29) is 0 Å². The summed E-state index contributed by atoms with van der Waals surface area (Å²) in [5.74, 6) is 0. The van der Waals surface area contributed by atoms with Crippen molar-refractivity contribution in [2.75, 3.05) is 0 Å². The number of halogens is 12. The molecule has 0 heterocycles. The minimum absolute atomic E-state index is 2.28. The van der Waals surface area contributed by atoms with Gasteiger partial charge in [-0.05, 0) is 0 Å². The van der Waals surface area contributed by atoms with Crippen LogP contribution < -0.4 is 0 Å². The van der Waals surface area contributed by atoms with Crippen molar-refractivity contribution in [2.45, 2.75) is 17.6 Å². The lowest BCUT2D eigenvalue weighted by atomic mass is 10.8. The number of hydrogen-bond acceptors (Lipinski definition) is 0. The van der Waals surface area contributed by atoms with Crippen LogP contribution >= 0.6 is 104 Å². The normalized spacial score (nSPS) is 14.2. The van der Waals surface area contributed by atoms with Crippen molar-refractivity contribution in [1.29, 1.82) is 0 Å². The Morgan fingerprint density at radius 1 is 0.438 bits per heavy atom. The molecule has 0 saturated heterocycles. The summed E-state index contributed by atoms with van der Waals surface area (Å²) in [4.78, 5) is 0. The van der Waals surface area contributed by atoms with Crippen LogP contribution in [0.2, 0.25) is 0 Å². The Balaban J connectivity index is 0. The first-order valence-electron chi connectivity index (χ1n) is 2.77. The maximum absolute atomic E-state index is 12.0. The molecular formula is C4Cl9F3. The number of alkyl halides is 12. The Labute approximate surface area is 134 Å². The Hall–Kier alpha value is 2.40. The summed E-state index contributed by atoms with van der Waals surface area (Å²) in [6.45, 7) is 0. The molecule has 0 spiro atoms. The van der Waals surface area contributed by atoms with Crippen molar-refractivity contribution in [2.24, 2.45) is 0 Å². The zero-order valence-electron chi connectivity index (χ0n) is 6.54. The largest absolute Gasteiger partial charge is 0.320 e. The Morgan fingerprint density at radius 3 is 0.562 bits per heavy atom. The van der Waals surface area contributed by atoms with Gasteiger partial charge in [0.15, 0.2) is 0 Å². The molecule has 0 aliphatic carbocycles. The van der Waals surface area contributed by atoms with Crippen LogP contribution in [0.5, 0.6) is 0 Å². The molecule has 0 N–H and O–H groups in total. The van der Waals surface area contributed by atoms with Gasteiger partial charge in [-0.3, -0.25) is 0 Å². The highest BCUT2D eigenvalue weighted by atomic mass is 35.6. The summed E-state index contributed by atoms with van der Waals surface area (Å²) < 4.78 is 24.0. The summed E-state index contributed by atoms with van der Waals surface area (Å²) in [6.07, 6.45) is 0. The van der Waals surface area contributed by atoms with Crippen LogP contribution in [0.25, 0.3) is 0 Å². The van der Waals surface area contributed by atoms with Gasteiger partial charge in [0.05, 0.1) is 0 Å². The average Bonchev–Trinajstić information content (AvgIpc) is 1.77. The molecule has 0 saturated carbocycles. The Morgan fingerprint density at radius 2 is 0.562 bits per heavy atom. The van der Waals surface area contributed by atoms with E-state index in [1.54, 1.807) is 0 Å². The molecule has 0 amide bonds. The van der Waals surface area contributed by atoms with E-state index in [9.17, 15) is 13.2 Å². The molecule has 0 bridgehead atoms. The molecule has 0 rings (SSSR count). The van der Waals surface area contributed by atoms with Crippen LogP contribution in [0.15, 0.2) is 0 Å². The van der Waals surface area contributed by atoms with Crippen molar-refractivity contribution in [3.05, 3.63) is 0 Å². The van der Waals surface area contributed by atoms with E-state index in [4.69, 9.17) is 58.0 Å². The fourth-order valence-electron chi connectivity index (χ4n) is 0. The summed E-state index contributed by atoms with van der Waals surface area (Å²) >= 11 is 42.0. The van der Waals surface area contributed by atoms with Gasteiger partial charge in [-0.2, -0.15) is 0 Å². The van der Waals surface area contributed by atoms with Gasteiger partial charge >= 0.3 is 13.8 Å². The maximum atomic E-state index is 12.0. The van der Waals surface area contributed by atoms with Gasteiger partial charge < -0.3 is 0 Å². The van der Waals surface area contributed by atoms with Gasteiger partial charge in [0.2, 0.25) is 0 Å². The molecule has 0 aromatic rings. The summed E-state index contributed by atoms with van der Waals surface area (Å²) in [7, 11) is 0. The predicted molar refractivity (Wildman–Crippen MR) is 66.9 cm³/mol. The Kier molecular flexibility index (Phi) is 8.69. The SMILES string of the molecule is FC(Cl)(Cl)C(Cl)(Cl)Cl.FC(Cl)(Cl)C(F)(Cl)Cl. The molecule has 0 aromatic carbocycles. The van der Waals surface area contributed by atoms with Crippen LogP contribution in [0.3, 0.4) is 0 Å². The highest BCUT2D eigenvalue weighted by molar-refractivity contribution is 6.75. The van der Waals surface area contributed by atoms with Gasteiger partial charge in [-0.25, -0.2) is 13.2 Å². The van der Waals surface area contributed by atoms with Crippen LogP contribution in [0.4, 0.5) is 13.2 Å². The monoisotopic (exact) mass is 420 g/mol. The molecular weight excluding hydrogens is 424 g/mol. The smallest absolute Gasteiger partial charge is 0.203 e. The molecule has 0 aliphatic rings. The molecule has 0 aromatic heterocycles. The average molecular weight is 424 g/mol. The third-order valence-corrected chi connectivity index (χ3v) is 4.00. The molecule has 0 unspecified atom stereocenters. The molecule has 0 fully saturated rings. The lowest BCUT2D eigenvalue weighted by Crippen LogP contribution is -2.26. The topological polar surface area (TPSA) is 0 Å². The molecule has 12 heteroatoms. The first-order valence-corrected chi connectivity index (χ1v) is 6.17. The van der Waals surface area contributed by atoms with Gasteiger partial charge in [0.1, 0.15) is 0 Å². The third-order valence-electron chi connectivity index (χ3n) is 0.643. The zero-order valence-corrected chi connectivity index (χ0v) is 13.3. The minimum atomic E-state index is -3.25. The molecule has 0 atom stereocenters. The zero-order chi connectivity index (χ0) is 14.0. The van der Waals surface area contributed by atoms with E-state index < -0.39 is 17.6 Å². The van der Waals surface area contributed by atoms with E-state index in [0.29, 0.717) is 0 Å². The third kappa shape index (κ3) is 9.35. The standard InChI is InChI=1S/C2Cl5F.C2Cl4F2/c3-1(4,5)2(6,7)8;3-1(4,7)2(5,6)8. The number of hydrogen-bond donors (Lipinski definition) is 0. The van der Waals surface area contributed by atoms with Crippen molar-refractivity contribution >= 4 is 104 Å². The molecule has 0 radical (unpaired) electrons. The second-order valence-corrected chi connectivity index (χ2v) is 7.98. The van der Waals surface area contributed by atoms with Crippen molar-refractivity contribution in [3.8, 4) is 0 Å². The van der Waals surface area contributed by atoms with Crippen molar-refractivity contribution < 1.29 is 13.2 Å². The second kappa shape index (κ2) is 6.71. The van der Waals surface area contributed by atoms with Gasteiger partial charge in [0.25, 0.3) is 3.79 Å².